The zero-order valence-corrected chi connectivity index (χ0v) is 21.9. The molecule has 1 N–H and O–H groups in total. The van der Waals surface area contributed by atoms with Crippen LogP contribution in [0.1, 0.15) is 28.4 Å². The van der Waals surface area contributed by atoms with E-state index < -0.39 is 15.9 Å². The molecular weight excluding hydrogens is 508 g/mol. The van der Waals surface area contributed by atoms with Crippen molar-refractivity contribution in [3.8, 4) is 5.75 Å². The van der Waals surface area contributed by atoms with Crippen LogP contribution in [0.3, 0.4) is 0 Å². The molecule has 37 heavy (non-hydrogen) atoms. The van der Waals surface area contributed by atoms with Crippen molar-refractivity contribution in [2.24, 2.45) is 0 Å². The monoisotopic (exact) mass is 534 g/mol. The second-order valence-corrected chi connectivity index (χ2v) is 10.7. The molecule has 4 aromatic carbocycles. The minimum Gasteiger partial charge on any atom is -0.492 e. The number of benzene rings is 4. The van der Waals surface area contributed by atoms with Gasteiger partial charge in [0.2, 0.25) is 10.0 Å². The Morgan fingerprint density at radius 2 is 1.41 bits per heavy atom. The smallest absolute Gasteiger partial charge is 0.255 e. The van der Waals surface area contributed by atoms with Crippen molar-refractivity contribution in [1.82, 2.24) is 4.31 Å². The van der Waals surface area contributed by atoms with Gasteiger partial charge in [-0.1, -0.05) is 72.3 Å². The molecular formula is C29H27ClN2O4S. The second-order valence-electron chi connectivity index (χ2n) is 8.30. The maximum Gasteiger partial charge on any atom is 0.255 e. The summed E-state index contributed by atoms with van der Waals surface area (Å²) in [6, 6.07) is 29.8. The molecule has 0 aliphatic heterocycles. The third-order valence-corrected chi connectivity index (χ3v) is 7.69. The fraction of sp³-hybridized carbons (Fsp3) is 0.138. The van der Waals surface area contributed by atoms with E-state index in [-0.39, 0.29) is 23.7 Å². The van der Waals surface area contributed by atoms with Gasteiger partial charge < -0.3 is 10.1 Å². The van der Waals surface area contributed by atoms with Gasteiger partial charge in [-0.05, 0) is 60.5 Å². The van der Waals surface area contributed by atoms with Crippen molar-refractivity contribution in [2.75, 3.05) is 11.9 Å². The van der Waals surface area contributed by atoms with Crippen LogP contribution in [-0.4, -0.2) is 25.2 Å². The van der Waals surface area contributed by atoms with Crippen molar-refractivity contribution in [3.63, 3.8) is 0 Å². The SMILES string of the molecule is CCOc1ccc(S(=O)(=O)N(Cc2ccccc2)Cc2ccccc2)cc1NC(=O)c1ccc(Cl)cc1. The van der Waals surface area contributed by atoms with Crippen LogP contribution in [-0.2, 0) is 23.1 Å². The first-order valence-corrected chi connectivity index (χ1v) is 13.6. The number of nitrogens with zero attached hydrogens (tertiary/aromatic N) is 1. The molecule has 4 rings (SSSR count). The van der Waals surface area contributed by atoms with Gasteiger partial charge in [-0.25, -0.2) is 8.42 Å². The summed E-state index contributed by atoms with van der Waals surface area (Å²) in [5.41, 5.74) is 2.38. The number of rotatable bonds is 10. The van der Waals surface area contributed by atoms with E-state index in [9.17, 15) is 13.2 Å². The molecule has 0 radical (unpaired) electrons. The van der Waals surface area contributed by atoms with Crippen LogP contribution < -0.4 is 10.1 Å². The lowest BCUT2D eigenvalue weighted by atomic mass is 10.2. The molecule has 8 heteroatoms. The van der Waals surface area contributed by atoms with Gasteiger partial charge in [-0.15, -0.1) is 0 Å². The minimum absolute atomic E-state index is 0.0502. The summed E-state index contributed by atoms with van der Waals surface area (Å²) in [6.07, 6.45) is 0. The van der Waals surface area contributed by atoms with Gasteiger partial charge in [-0.3, -0.25) is 4.79 Å². The lowest BCUT2D eigenvalue weighted by molar-refractivity contribution is 0.102. The van der Waals surface area contributed by atoms with Crippen molar-refractivity contribution in [1.29, 1.82) is 0 Å². The Bertz CT molecular complexity index is 1400. The maximum atomic E-state index is 13.9. The second kappa shape index (κ2) is 12.1. The summed E-state index contributed by atoms with van der Waals surface area (Å²) in [5, 5.41) is 3.30. The molecule has 0 aromatic heterocycles. The number of ether oxygens (including phenoxy) is 1. The number of hydrogen-bond acceptors (Lipinski definition) is 4. The first-order chi connectivity index (χ1) is 17.9. The molecule has 4 aromatic rings. The van der Waals surface area contributed by atoms with Crippen LogP contribution >= 0.6 is 11.6 Å². The predicted octanol–water partition coefficient (Wildman–Crippen LogP) is 6.38. The number of anilines is 1. The zero-order valence-electron chi connectivity index (χ0n) is 20.3. The minimum atomic E-state index is -3.95. The Balaban J connectivity index is 1.69. The van der Waals surface area contributed by atoms with Gasteiger partial charge in [0.1, 0.15) is 5.75 Å². The number of carbonyl (C=O) groups is 1. The third-order valence-electron chi connectivity index (χ3n) is 5.65. The number of sulfonamides is 1. The molecule has 1 amide bonds. The van der Waals surface area contributed by atoms with Gasteiger partial charge in [0, 0.05) is 23.7 Å². The Labute approximate surface area is 222 Å². The lowest BCUT2D eigenvalue weighted by Gasteiger charge is -2.23. The summed E-state index contributed by atoms with van der Waals surface area (Å²) in [6.45, 7) is 2.55. The summed E-state index contributed by atoms with van der Waals surface area (Å²) in [4.78, 5) is 12.9. The van der Waals surface area contributed by atoms with E-state index in [2.05, 4.69) is 5.32 Å². The summed E-state index contributed by atoms with van der Waals surface area (Å²) >= 11 is 5.94. The van der Waals surface area contributed by atoms with Gasteiger partial charge in [0.15, 0.2) is 0 Å². The molecule has 0 saturated carbocycles. The van der Waals surface area contributed by atoms with Crippen molar-refractivity contribution >= 4 is 33.2 Å². The van der Waals surface area contributed by atoms with Gasteiger partial charge in [0.25, 0.3) is 5.91 Å². The highest BCUT2D eigenvalue weighted by molar-refractivity contribution is 7.89. The average molecular weight is 535 g/mol. The fourth-order valence-corrected chi connectivity index (χ4v) is 5.36. The van der Waals surface area contributed by atoms with Crippen LogP contribution in [0.15, 0.2) is 108 Å². The standard InChI is InChI=1S/C29H27ClN2O4S/c1-2-36-28-18-17-26(19-27(28)31-29(33)24-13-15-25(30)16-14-24)37(34,35)32(20-22-9-5-3-6-10-22)21-23-11-7-4-8-12-23/h3-19H,2,20-21H2,1H3,(H,31,33). The highest BCUT2D eigenvalue weighted by Crippen LogP contribution is 2.31. The Hall–Kier alpha value is -3.65. The lowest BCUT2D eigenvalue weighted by Crippen LogP contribution is -2.30. The molecule has 6 nitrogen and oxygen atoms in total. The number of hydrogen-bond donors (Lipinski definition) is 1. The fourth-order valence-electron chi connectivity index (χ4n) is 3.79. The highest BCUT2D eigenvalue weighted by atomic mass is 35.5. The van der Waals surface area contributed by atoms with E-state index in [0.29, 0.717) is 22.9 Å². The van der Waals surface area contributed by atoms with E-state index in [1.807, 2.05) is 67.6 Å². The first kappa shape index (κ1) is 26.4. The highest BCUT2D eigenvalue weighted by Gasteiger charge is 2.26. The molecule has 0 unspecified atom stereocenters. The molecule has 0 heterocycles. The molecule has 0 saturated heterocycles. The van der Waals surface area contributed by atoms with Crippen molar-refractivity contribution in [3.05, 3.63) is 125 Å². The van der Waals surface area contributed by atoms with Crippen LogP contribution in [0.25, 0.3) is 0 Å². The van der Waals surface area contributed by atoms with E-state index in [4.69, 9.17) is 16.3 Å². The Kier molecular flexibility index (Phi) is 8.61. The molecule has 0 aliphatic carbocycles. The molecule has 0 atom stereocenters. The number of carbonyl (C=O) groups excluding carboxylic acids is 1. The topological polar surface area (TPSA) is 75.7 Å². The van der Waals surface area contributed by atoms with Gasteiger partial charge in [0.05, 0.1) is 17.2 Å². The molecule has 0 aliphatic rings. The number of nitrogens with one attached hydrogen (secondary N) is 1. The van der Waals surface area contributed by atoms with Crippen molar-refractivity contribution < 1.29 is 17.9 Å². The van der Waals surface area contributed by atoms with Crippen LogP contribution in [0.2, 0.25) is 5.02 Å². The Morgan fingerprint density at radius 1 is 0.838 bits per heavy atom. The summed E-state index contributed by atoms with van der Waals surface area (Å²) < 4.78 is 34.9. The van der Waals surface area contributed by atoms with E-state index in [1.165, 1.54) is 16.4 Å². The summed E-state index contributed by atoms with van der Waals surface area (Å²) in [5.74, 6) is -0.0287. The maximum absolute atomic E-state index is 13.9. The van der Waals surface area contributed by atoms with Crippen LogP contribution in [0, 0.1) is 0 Å². The van der Waals surface area contributed by atoms with E-state index in [0.717, 1.165) is 11.1 Å². The molecule has 0 spiro atoms. The third kappa shape index (κ3) is 6.77. The zero-order chi connectivity index (χ0) is 26.3. The molecule has 190 valence electrons. The first-order valence-electron chi connectivity index (χ1n) is 11.8. The van der Waals surface area contributed by atoms with Crippen LogP contribution in [0.5, 0.6) is 5.75 Å². The quantitative estimate of drug-likeness (QED) is 0.256. The average Bonchev–Trinajstić information content (AvgIpc) is 2.91. The normalized spacial score (nSPS) is 11.3. The molecule has 0 fully saturated rings. The van der Waals surface area contributed by atoms with E-state index >= 15 is 0 Å². The number of halogens is 1. The van der Waals surface area contributed by atoms with E-state index in [1.54, 1.807) is 30.3 Å². The largest absolute Gasteiger partial charge is 0.492 e. The summed E-state index contributed by atoms with van der Waals surface area (Å²) in [7, 11) is -3.95. The number of amides is 1. The predicted molar refractivity (Wildman–Crippen MR) is 146 cm³/mol. The Morgan fingerprint density at radius 3 is 1.95 bits per heavy atom. The van der Waals surface area contributed by atoms with Crippen molar-refractivity contribution in [2.45, 2.75) is 24.9 Å². The van der Waals surface area contributed by atoms with Crippen LogP contribution in [0.4, 0.5) is 5.69 Å². The van der Waals surface area contributed by atoms with Gasteiger partial charge in [-0.2, -0.15) is 4.31 Å². The molecule has 0 bridgehead atoms. The van der Waals surface area contributed by atoms with Gasteiger partial charge >= 0.3 is 0 Å².